The summed E-state index contributed by atoms with van der Waals surface area (Å²) in [5, 5.41) is 3.62. The summed E-state index contributed by atoms with van der Waals surface area (Å²) < 4.78 is 0. The number of thioether (sulfide) groups is 1. The SMILES string of the molecule is CCNC(=O)c1cccc(CSc2nc(-c3ccccc3)cc(N3CCCC3)n2)c1. The normalized spacial score (nSPS) is 13.4. The maximum absolute atomic E-state index is 12.1. The smallest absolute Gasteiger partial charge is 0.251 e. The van der Waals surface area contributed by atoms with Crippen molar-refractivity contribution in [2.45, 2.75) is 30.7 Å². The van der Waals surface area contributed by atoms with E-state index in [0.29, 0.717) is 17.9 Å². The zero-order chi connectivity index (χ0) is 20.8. The average molecular weight is 419 g/mol. The largest absolute Gasteiger partial charge is 0.356 e. The Labute approximate surface area is 181 Å². The Hall–Kier alpha value is -2.86. The van der Waals surface area contributed by atoms with Gasteiger partial charge in [0.25, 0.3) is 5.91 Å². The summed E-state index contributed by atoms with van der Waals surface area (Å²) in [7, 11) is 0. The number of rotatable bonds is 7. The van der Waals surface area contributed by atoms with Crippen molar-refractivity contribution in [2.24, 2.45) is 0 Å². The summed E-state index contributed by atoms with van der Waals surface area (Å²) in [5.74, 6) is 1.67. The van der Waals surface area contributed by atoms with E-state index < -0.39 is 0 Å². The highest BCUT2D eigenvalue weighted by Crippen LogP contribution is 2.29. The zero-order valence-electron chi connectivity index (χ0n) is 17.2. The molecule has 4 rings (SSSR count). The Morgan fingerprint density at radius 3 is 2.60 bits per heavy atom. The minimum Gasteiger partial charge on any atom is -0.356 e. The van der Waals surface area contributed by atoms with Gasteiger partial charge in [0.2, 0.25) is 0 Å². The fourth-order valence-electron chi connectivity index (χ4n) is 3.56. The van der Waals surface area contributed by atoms with E-state index in [1.165, 1.54) is 12.8 Å². The van der Waals surface area contributed by atoms with E-state index in [9.17, 15) is 4.79 Å². The van der Waals surface area contributed by atoms with Crippen molar-refractivity contribution in [1.82, 2.24) is 15.3 Å². The molecular formula is C24H26N4OS. The van der Waals surface area contributed by atoms with E-state index >= 15 is 0 Å². The molecule has 0 spiro atoms. The van der Waals surface area contributed by atoms with Gasteiger partial charge in [-0.15, -0.1) is 0 Å². The van der Waals surface area contributed by atoms with Gasteiger partial charge < -0.3 is 10.2 Å². The molecule has 0 bridgehead atoms. The van der Waals surface area contributed by atoms with Gasteiger partial charge in [-0.3, -0.25) is 4.79 Å². The molecular weight excluding hydrogens is 392 g/mol. The van der Waals surface area contributed by atoms with Gasteiger partial charge in [-0.2, -0.15) is 0 Å². The number of hydrogen-bond acceptors (Lipinski definition) is 5. The van der Waals surface area contributed by atoms with Crippen LogP contribution in [0.2, 0.25) is 0 Å². The molecule has 2 aromatic carbocycles. The predicted octanol–water partition coefficient (Wildman–Crippen LogP) is 4.79. The second-order valence-electron chi connectivity index (χ2n) is 7.30. The molecule has 1 aliphatic heterocycles. The van der Waals surface area contributed by atoms with Crippen LogP contribution in [-0.2, 0) is 5.75 Å². The van der Waals surface area contributed by atoms with Gasteiger partial charge in [0.1, 0.15) is 5.82 Å². The number of amides is 1. The third-order valence-corrected chi connectivity index (χ3v) is 6.00. The molecule has 1 aromatic heterocycles. The van der Waals surface area contributed by atoms with Crippen molar-refractivity contribution in [2.75, 3.05) is 24.5 Å². The lowest BCUT2D eigenvalue weighted by Gasteiger charge is -2.18. The molecule has 1 aliphatic rings. The molecule has 1 amide bonds. The molecule has 3 aromatic rings. The first kappa shape index (κ1) is 20.4. The summed E-state index contributed by atoms with van der Waals surface area (Å²) >= 11 is 1.61. The summed E-state index contributed by atoms with van der Waals surface area (Å²) in [5.41, 5.74) is 3.82. The van der Waals surface area contributed by atoms with Gasteiger partial charge >= 0.3 is 0 Å². The van der Waals surface area contributed by atoms with Gasteiger partial charge in [0, 0.05) is 42.6 Å². The number of aromatic nitrogens is 2. The Kier molecular flexibility index (Phi) is 6.64. The molecule has 0 unspecified atom stereocenters. The number of carbonyl (C=O) groups excluding carboxylic acids is 1. The monoisotopic (exact) mass is 418 g/mol. The quantitative estimate of drug-likeness (QED) is 0.442. The highest BCUT2D eigenvalue weighted by Gasteiger charge is 2.17. The van der Waals surface area contributed by atoms with Crippen LogP contribution in [0.3, 0.4) is 0 Å². The fourth-order valence-corrected chi connectivity index (χ4v) is 4.35. The van der Waals surface area contributed by atoms with Crippen molar-refractivity contribution in [3.63, 3.8) is 0 Å². The first-order valence-corrected chi connectivity index (χ1v) is 11.4. The highest BCUT2D eigenvalue weighted by atomic mass is 32.2. The molecule has 154 valence electrons. The van der Waals surface area contributed by atoms with Crippen LogP contribution in [0.1, 0.15) is 35.7 Å². The highest BCUT2D eigenvalue weighted by molar-refractivity contribution is 7.98. The molecule has 2 heterocycles. The Balaban J connectivity index is 1.57. The minimum absolute atomic E-state index is 0.0389. The van der Waals surface area contributed by atoms with E-state index in [2.05, 4.69) is 28.4 Å². The third kappa shape index (κ3) is 5.00. The molecule has 1 N–H and O–H groups in total. The van der Waals surface area contributed by atoms with Gasteiger partial charge in [-0.05, 0) is 37.5 Å². The van der Waals surface area contributed by atoms with Crippen LogP contribution in [-0.4, -0.2) is 35.5 Å². The van der Waals surface area contributed by atoms with E-state index in [1.54, 1.807) is 11.8 Å². The van der Waals surface area contributed by atoms with E-state index in [1.807, 2.05) is 49.4 Å². The zero-order valence-corrected chi connectivity index (χ0v) is 18.0. The Bertz CT molecular complexity index is 1000. The summed E-state index contributed by atoms with van der Waals surface area (Å²) in [4.78, 5) is 24.1. The van der Waals surface area contributed by atoms with Crippen LogP contribution in [0.15, 0.2) is 65.8 Å². The van der Waals surface area contributed by atoms with Crippen LogP contribution in [0.25, 0.3) is 11.3 Å². The molecule has 0 atom stereocenters. The molecule has 0 aliphatic carbocycles. The standard InChI is InChI=1S/C24H26N4OS/c1-2-25-23(29)20-12-8-9-18(15-20)17-30-24-26-21(19-10-4-3-5-11-19)16-22(27-24)28-13-6-7-14-28/h3-5,8-12,15-16H,2,6-7,13-14,17H2,1H3,(H,25,29). The first-order chi connectivity index (χ1) is 14.7. The molecule has 1 saturated heterocycles. The molecule has 30 heavy (non-hydrogen) atoms. The van der Waals surface area contributed by atoms with Crippen molar-refractivity contribution in [3.05, 3.63) is 71.8 Å². The van der Waals surface area contributed by atoms with Crippen molar-refractivity contribution in [3.8, 4) is 11.3 Å². The van der Waals surface area contributed by atoms with Crippen molar-refractivity contribution >= 4 is 23.5 Å². The maximum Gasteiger partial charge on any atom is 0.251 e. The third-order valence-electron chi connectivity index (χ3n) is 5.09. The Morgan fingerprint density at radius 1 is 1.03 bits per heavy atom. The van der Waals surface area contributed by atoms with Gasteiger partial charge in [-0.25, -0.2) is 9.97 Å². The first-order valence-electron chi connectivity index (χ1n) is 10.4. The second-order valence-corrected chi connectivity index (χ2v) is 8.25. The van der Waals surface area contributed by atoms with E-state index in [4.69, 9.17) is 9.97 Å². The molecule has 6 heteroatoms. The number of nitrogens with zero attached hydrogens (tertiary/aromatic N) is 3. The number of nitrogens with one attached hydrogen (secondary N) is 1. The lowest BCUT2D eigenvalue weighted by atomic mass is 10.1. The fraction of sp³-hybridized carbons (Fsp3) is 0.292. The summed E-state index contributed by atoms with van der Waals surface area (Å²) in [6.45, 7) is 4.64. The van der Waals surface area contributed by atoms with E-state index in [-0.39, 0.29) is 5.91 Å². The lowest BCUT2D eigenvalue weighted by molar-refractivity contribution is 0.0955. The average Bonchev–Trinajstić information content (AvgIpc) is 3.34. The minimum atomic E-state index is -0.0389. The van der Waals surface area contributed by atoms with Crippen molar-refractivity contribution in [1.29, 1.82) is 0 Å². The van der Waals surface area contributed by atoms with Crippen LogP contribution in [0, 0.1) is 0 Å². The molecule has 0 saturated carbocycles. The van der Waals surface area contributed by atoms with E-state index in [0.717, 1.165) is 40.9 Å². The van der Waals surface area contributed by atoms with Crippen molar-refractivity contribution < 1.29 is 4.79 Å². The number of hydrogen-bond donors (Lipinski definition) is 1. The number of benzene rings is 2. The van der Waals surface area contributed by atoms with Crippen LogP contribution in [0.4, 0.5) is 5.82 Å². The molecule has 0 radical (unpaired) electrons. The van der Waals surface area contributed by atoms with Gasteiger partial charge in [0.15, 0.2) is 5.16 Å². The van der Waals surface area contributed by atoms with Gasteiger partial charge in [-0.1, -0.05) is 54.2 Å². The second kappa shape index (κ2) is 9.76. The molecule has 5 nitrogen and oxygen atoms in total. The topological polar surface area (TPSA) is 58.1 Å². The Morgan fingerprint density at radius 2 is 1.83 bits per heavy atom. The van der Waals surface area contributed by atoms with Crippen LogP contribution >= 0.6 is 11.8 Å². The predicted molar refractivity (Wildman–Crippen MR) is 123 cm³/mol. The van der Waals surface area contributed by atoms with Crippen LogP contribution in [0.5, 0.6) is 0 Å². The van der Waals surface area contributed by atoms with Gasteiger partial charge in [0.05, 0.1) is 5.69 Å². The number of carbonyl (C=O) groups is 1. The van der Waals surface area contributed by atoms with Crippen LogP contribution < -0.4 is 10.2 Å². The number of anilines is 1. The lowest BCUT2D eigenvalue weighted by Crippen LogP contribution is -2.22. The summed E-state index contributed by atoms with van der Waals surface area (Å²) in [6.07, 6.45) is 2.42. The maximum atomic E-state index is 12.1. The molecule has 1 fully saturated rings. The summed E-state index contributed by atoms with van der Waals surface area (Å²) in [6, 6.07) is 20.1.